The zero-order chi connectivity index (χ0) is 22.5. The molecule has 2 rings (SSSR count). The summed E-state index contributed by atoms with van der Waals surface area (Å²) < 4.78 is 7.65. The van der Waals surface area contributed by atoms with E-state index in [0.717, 1.165) is 20.1 Å². The van der Waals surface area contributed by atoms with E-state index in [1.54, 1.807) is 17.9 Å². The summed E-state index contributed by atoms with van der Waals surface area (Å²) in [4.78, 5) is 27.4. The van der Waals surface area contributed by atoms with E-state index in [-0.39, 0.29) is 24.0 Å². The van der Waals surface area contributed by atoms with Crippen molar-refractivity contribution in [3.8, 4) is 5.75 Å². The topological polar surface area (TPSA) is 58.6 Å². The Balaban J connectivity index is 2.17. The number of hydrogen-bond acceptors (Lipinski definition) is 3. The number of carbonyl (C=O) groups is 2. The molecule has 0 fully saturated rings. The number of ether oxygens (including phenoxy) is 1. The van der Waals surface area contributed by atoms with E-state index in [0.29, 0.717) is 12.3 Å². The zero-order valence-electron chi connectivity index (χ0n) is 18.0. The summed E-state index contributed by atoms with van der Waals surface area (Å²) in [5.41, 5.74) is 1.56. The van der Waals surface area contributed by atoms with Crippen LogP contribution in [-0.4, -0.2) is 34.9 Å². The molecule has 0 bridgehead atoms. The Bertz CT molecular complexity index is 892. The van der Waals surface area contributed by atoms with Crippen LogP contribution in [0.25, 0.3) is 0 Å². The molecule has 0 aliphatic rings. The maximum absolute atomic E-state index is 13.1. The van der Waals surface area contributed by atoms with Crippen molar-refractivity contribution in [1.82, 2.24) is 10.2 Å². The average Bonchev–Trinajstić information content (AvgIpc) is 2.66. The predicted octanol–water partition coefficient (Wildman–Crippen LogP) is 5.23. The molecule has 2 aromatic rings. The van der Waals surface area contributed by atoms with Crippen molar-refractivity contribution >= 4 is 43.7 Å². The van der Waals surface area contributed by atoms with E-state index in [1.807, 2.05) is 64.1 Å². The number of carbonyl (C=O) groups excluding carboxylic acids is 2. The highest BCUT2D eigenvalue weighted by Gasteiger charge is 2.28. The summed E-state index contributed by atoms with van der Waals surface area (Å²) in [6.07, 6.45) is 0. The van der Waals surface area contributed by atoms with Crippen LogP contribution in [0.5, 0.6) is 5.75 Å². The molecule has 0 saturated heterocycles. The molecule has 0 spiro atoms. The van der Waals surface area contributed by atoms with Crippen molar-refractivity contribution in [2.45, 2.75) is 52.7 Å². The summed E-state index contributed by atoms with van der Waals surface area (Å²) in [7, 11) is 0. The molecular weight excluding hydrogens is 512 g/mol. The highest BCUT2D eigenvalue weighted by molar-refractivity contribution is 9.10. The third-order valence-corrected chi connectivity index (χ3v) is 5.84. The molecule has 162 valence electrons. The summed E-state index contributed by atoms with van der Waals surface area (Å²) in [6.45, 7) is 9.60. The molecule has 0 aliphatic heterocycles. The van der Waals surface area contributed by atoms with Gasteiger partial charge in [0.15, 0.2) is 6.61 Å². The quantitative estimate of drug-likeness (QED) is 0.524. The fraction of sp³-hybridized carbons (Fsp3) is 0.391. The van der Waals surface area contributed by atoms with Crippen molar-refractivity contribution < 1.29 is 14.3 Å². The van der Waals surface area contributed by atoms with Crippen LogP contribution in [0, 0.1) is 6.92 Å². The van der Waals surface area contributed by atoms with Gasteiger partial charge in [0.1, 0.15) is 11.8 Å². The molecule has 5 nitrogen and oxygen atoms in total. The van der Waals surface area contributed by atoms with Crippen LogP contribution in [0.2, 0.25) is 0 Å². The van der Waals surface area contributed by atoms with Gasteiger partial charge in [0.25, 0.3) is 5.91 Å². The van der Waals surface area contributed by atoms with Crippen LogP contribution in [0.4, 0.5) is 0 Å². The van der Waals surface area contributed by atoms with Gasteiger partial charge >= 0.3 is 0 Å². The molecule has 0 unspecified atom stereocenters. The van der Waals surface area contributed by atoms with E-state index < -0.39 is 6.04 Å². The lowest BCUT2D eigenvalue weighted by Gasteiger charge is -2.31. The molecule has 0 heterocycles. The van der Waals surface area contributed by atoms with Crippen LogP contribution in [0.15, 0.2) is 51.4 Å². The van der Waals surface area contributed by atoms with Gasteiger partial charge in [0.05, 0.1) is 0 Å². The molecule has 0 radical (unpaired) electrons. The van der Waals surface area contributed by atoms with Gasteiger partial charge in [-0.25, -0.2) is 0 Å². The first-order valence-corrected chi connectivity index (χ1v) is 11.3. The van der Waals surface area contributed by atoms with Gasteiger partial charge in [0, 0.05) is 21.0 Å². The Morgan fingerprint density at radius 1 is 1.10 bits per heavy atom. The smallest absolute Gasteiger partial charge is 0.261 e. The highest BCUT2D eigenvalue weighted by Crippen LogP contribution is 2.22. The summed E-state index contributed by atoms with van der Waals surface area (Å²) in [5.74, 6) is 0.155. The predicted molar refractivity (Wildman–Crippen MR) is 126 cm³/mol. The van der Waals surface area contributed by atoms with E-state index in [4.69, 9.17) is 4.74 Å². The second kappa shape index (κ2) is 10.4. The number of amides is 2. The van der Waals surface area contributed by atoms with Crippen LogP contribution in [-0.2, 0) is 16.1 Å². The van der Waals surface area contributed by atoms with Crippen molar-refractivity contribution in [2.75, 3.05) is 6.61 Å². The Morgan fingerprint density at radius 3 is 2.30 bits per heavy atom. The number of nitrogens with zero attached hydrogens (tertiary/aromatic N) is 1. The lowest BCUT2D eigenvalue weighted by Crippen LogP contribution is -2.53. The number of halogens is 2. The summed E-state index contributed by atoms with van der Waals surface area (Å²) in [5, 5.41) is 2.95. The zero-order valence-corrected chi connectivity index (χ0v) is 21.1. The second-order valence-electron chi connectivity index (χ2n) is 8.26. The molecule has 0 aromatic heterocycles. The number of nitrogens with one attached hydrogen (secondary N) is 1. The Labute approximate surface area is 195 Å². The minimum absolute atomic E-state index is 0.148. The van der Waals surface area contributed by atoms with Gasteiger partial charge in [0.2, 0.25) is 5.91 Å². The van der Waals surface area contributed by atoms with Crippen LogP contribution < -0.4 is 10.1 Å². The van der Waals surface area contributed by atoms with Crippen LogP contribution >= 0.6 is 31.9 Å². The Hall–Kier alpha value is -1.86. The van der Waals surface area contributed by atoms with Crippen molar-refractivity contribution in [3.05, 3.63) is 62.5 Å². The highest BCUT2D eigenvalue weighted by atomic mass is 79.9. The normalized spacial score (nSPS) is 12.2. The minimum atomic E-state index is -0.643. The number of hydrogen-bond donors (Lipinski definition) is 1. The molecule has 2 aromatic carbocycles. The molecule has 7 heteroatoms. The molecule has 2 amide bonds. The maximum Gasteiger partial charge on any atom is 0.261 e. The van der Waals surface area contributed by atoms with E-state index in [1.165, 1.54) is 0 Å². The number of benzene rings is 2. The van der Waals surface area contributed by atoms with Crippen LogP contribution in [0.3, 0.4) is 0 Å². The largest absolute Gasteiger partial charge is 0.484 e. The Morgan fingerprint density at radius 2 is 1.73 bits per heavy atom. The standard InChI is InChI=1S/C23H28Br2N2O3/c1-15-12-19(10-11-20(15)25)30-14-21(28)27(13-17-6-8-18(24)9-7-17)16(2)22(29)26-23(3,4)5/h6-12,16H,13-14H2,1-5H3,(H,26,29)/t16-/m0/s1. The first-order chi connectivity index (χ1) is 14.0. The Kier molecular flexibility index (Phi) is 8.50. The molecule has 0 saturated carbocycles. The molecule has 0 aliphatic carbocycles. The first-order valence-electron chi connectivity index (χ1n) is 9.71. The number of aryl methyl sites for hydroxylation is 1. The van der Waals surface area contributed by atoms with Gasteiger partial charge < -0.3 is 15.0 Å². The summed E-state index contributed by atoms with van der Waals surface area (Å²) >= 11 is 6.87. The SMILES string of the molecule is Cc1cc(OCC(=O)N(Cc2ccc(Br)cc2)[C@@H](C)C(=O)NC(C)(C)C)ccc1Br. The monoisotopic (exact) mass is 538 g/mol. The third-order valence-electron chi connectivity index (χ3n) is 4.42. The average molecular weight is 540 g/mol. The molecule has 1 atom stereocenters. The van der Waals surface area contributed by atoms with Crippen molar-refractivity contribution in [3.63, 3.8) is 0 Å². The van der Waals surface area contributed by atoms with E-state index in [2.05, 4.69) is 37.2 Å². The van der Waals surface area contributed by atoms with Gasteiger partial charge in [-0.05, 0) is 76.1 Å². The summed E-state index contributed by atoms with van der Waals surface area (Å²) in [6, 6.07) is 12.6. The van der Waals surface area contributed by atoms with Crippen LogP contribution in [0.1, 0.15) is 38.8 Å². The first kappa shape index (κ1) is 24.4. The fourth-order valence-electron chi connectivity index (χ4n) is 2.78. The van der Waals surface area contributed by atoms with Crippen molar-refractivity contribution in [1.29, 1.82) is 0 Å². The van der Waals surface area contributed by atoms with Gasteiger partial charge in [-0.3, -0.25) is 9.59 Å². The maximum atomic E-state index is 13.1. The van der Waals surface area contributed by atoms with Crippen molar-refractivity contribution in [2.24, 2.45) is 0 Å². The molecular formula is C23H28Br2N2O3. The molecule has 30 heavy (non-hydrogen) atoms. The van der Waals surface area contributed by atoms with E-state index >= 15 is 0 Å². The second-order valence-corrected chi connectivity index (χ2v) is 10.0. The third kappa shape index (κ3) is 7.43. The lowest BCUT2D eigenvalue weighted by atomic mass is 10.1. The minimum Gasteiger partial charge on any atom is -0.484 e. The van der Waals surface area contributed by atoms with Gasteiger partial charge in [-0.15, -0.1) is 0 Å². The number of rotatable bonds is 7. The lowest BCUT2D eigenvalue weighted by molar-refractivity contribution is -0.142. The van der Waals surface area contributed by atoms with E-state index in [9.17, 15) is 9.59 Å². The van der Waals surface area contributed by atoms with Gasteiger partial charge in [-0.2, -0.15) is 0 Å². The van der Waals surface area contributed by atoms with Gasteiger partial charge in [-0.1, -0.05) is 44.0 Å². The molecule has 1 N–H and O–H groups in total. The fourth-order valence-corrected chi connectivity index (χ4v) is 3.29.